The maximum Gasteiger partial charge on any atom is 0.269 e. The lowest BCUT2D eigenvalue weighted by Gasteiger charge is -2.08. The standard InChI is InChI=1S/C24H28Br2N4O6S2/c25-17-11-15(3-5-21(17)31)13-19(29-35)23(33)27-7-1-9-37-38-10-2-8-28-24(34)20(30-36)14-16-4-6-22(32)18(26)12-16/h3-6,11-12,31-32,35-36H,1-2,7-10,13-14H2,(H,27,33)(H,28,34)/b29-19+,30-20+. The molecule has 0 radical (unpaired) electrons. The highest BCUT2D eigenvalue weighted by Crippen LogP contribution is 2.26. The first kappa shape index (κ1) is 31.8. The van der Waals surface area contributed by atoms with Gasteiger partial charge in [0, 0.05) is 37.4 Å². The predicted molar refractivity (Wildman–Crippen MR) is 158 cm³/mol. The number of nitrogens with zero attached hydrogens (tertiary/aromatic N) is 2. The van der Waals surface area contributed by atoms with E-state index in [4.69, 9.17) is 0 Å². The molecular formula is C24H28Br2N4O6S2. The fourth-order valence-corrected chi connectivity index (χ4v) is 6.04. The summed E-state index contributed by atoms with van der Waals surface area (Å²) in [6, 6.07) is 9.60. The molecule has 0 saturated heterocycles. The van der Waals surface area contributed by atoms with E-state index in [0.717, 1.165) is 24.3 Å². The van der Waals surface area contributed by atoms with Crippen LogP contribution in [0.4, 0.5) is 0 Å². The van der Waals surface area contributed by atoms with Crippen LogP contribution in [-0.2, 0) is 22.4 Å². The third kappa shape index (κ3) is 11.1. The lowest BCUT2D eigenvalue weighted by atomic mass is 10.1. The molecule has 0 aliphatic heterocycles. The van der Waals surface area contributed by atoms with Crippen LogP contribution in [0.2, 0.25) is 0 Å². The molecule has 0 aromatic heterocycles. The largest absolute Gasteiger partial charge is 0.507 e. The van der Waals surface area contributed by atoms with Crippen LogP contribution in [0, 0.1) is 0 Å². The van der Waals surface area contributed by atoms with Gasteiger partial charge < -0.3 is 31.3 Å². The zero-order valence-corrected chi connectivity index (χ0v) is 25.0. The molecule has 0 fully saturated rings. The van der Waals surface area contributed by atoms with Crippen LogP contribution in [0.3, 0.4) is 0 Å². The second-order valence-electron chi connectivity index (χ2n) is 7.88. The molecule has 0 unspecified atom stereocenters. The number of amides is 2. The zero-order valence-electron chi connectivity index (χ0n) is 20.2. The molecule has 14 heteroatoms. The molecule has 0 aliphatic carbocycles. The molecular weight excluding hydrogens is 664 g/mol. The first-order valence-electron chi connectivity index (χ1n) is 11.4. The maximum absolute atomic E-state index is 12.2. The molecule has 0 atom stereocenters. The Morgan fingerprint density at radius 3 is 1.47 bits per heavy atom. The number of oxime groups is 2. The zero-order chi connectivity index (χ0) is 27.9. The van der Waals surface area contributed by atoms with Crippen molar-refractivity contribution >= 4 is 76.7 Å². The van der Waals surface area contributed by atoms with Crippen LogP contribution in [0.1, 0.15) is 24.0 Å². The molecule has 0 spiro atoms. The normalized spacial score (nSPS) is 11.8. The molecule has 2 rings (SSSR count). The van der Waals surface area contributed by atoms with Crippen LogP contribution >= 0.6 is 53.4 Å². The minimum atomic E-state index is -0.450. The number of phenolic OH excluding ortho intramolecular Hbond substituents is 2. The quantitative estimate of drug-likeness (QED) is 0.0524. The van der Waals surface area contributed by atoms with Crippen molar-refractivity contribution in [1.29, 1.82) is 0 Å². The summed E-state index contributed by atoms with van der Waals surface area (Å²) in [5, 5.41) is 49.2. The summed E-state index contributed by atoms with van der Waals surface area (Å²) in [7, 11) is 3.31. The Labute approximate surface area is 245 Å². The molecule has 0 heterocycles. The summed E-state index contributed by atoms with van der Waals surface area (Å²) in [5.74, 6) is 0.876. The number of halogens is 2. The van der Waals surface area contributed by atoms with Crippen LogP contribution in [0.15, 0.2) is 55.7 Å². The van der Waals surface area contributed by atoms with Crippen molar-refractivity contribution in [3.05, 3.63) is 56.5 Å². The topological polar surface area (TPSA) is 164 Å². The summed E-state index contributed by atoms with van der Waals surface area (Å²) < 4.78 is 0.986. The van der Waals surface area contributed by atoms with Gasteiger partial charge in [0.2, 0.25) is 0 Å². The van der Waals surface area contributed by atoms with Gasteiger partial charge in [0.15, 0.2) is 0 Å². The van der Waals surface area contributed by atoms with Crippen LogP contribution in [0.25, 0.3) is 0 Å². The van der Waals surface area contributed by atoms with E-state index in [1.165, 1.54) is 12.1 Å². The summed E-state index contributed by atoms with van der Waals surface area (Å²) in [5.41, 5.74) is 1.39. The Hall–Kier alpha value is -2.42. The van der Waals surface area contributed by atoms with Gasteiger partial charge in [-0.15, -0.1) is 0 Å². The van der Waals surface area contributed by atoms with Gasteiger partial charge in [0.05, 0.1) is 8.95 Å². The highest BCUT2D eigenvalue weighted by Gasteiger charge is 2.15. The number of hydrogen-bond donors (Lipinski definition) is 6. The number of rotatable bonds is 15. The fourth-order valence-electron chi connectivity index (χ4n) is 3.02. The van der Waals surface area contributed by atoms with E-state index in [-0.39, 0.29) is 35.8 Å². The molecule has 0 bridgehead atoms. The smallest absolute Gasteiger partial charge is 0.269 e. The van der Waals surface area contributed by atoms with Gasteiger partial charge in [0.1, 0.15) is 22.9 Å². The second-order valence-corrected chi connectivity index (χ2v) is 12.3. The van der Waals surface area contributed by atoms with Gasteiger partial charge in [-0.05, 0) is 80.1 Å². The SMILES string of the molecule is O=C(NCCCSSCCCNC(=O)/C(Cc1ccc(O)c(Br)c1)=N/O)/C(Cc1ccc(O)c(Br)c1)=N/O. The van der Waals surface area contributed by atoms with E-state index in [0.29, 0.717) is 33.2 Å². The second kappa shape index (κ2) is 17.2. The number of carbonyl (C=O) groups excluding carboxylic acids is 2. The fraction of sp³-hybridized carbons (Fsp3) is 0.333. The third-order valence-electron chi connectivity index (χ3n) is 5.00. The summed E-state index contributed by atoms with van der Waals surface area (Å²) in [4.78, 5) is 24.5. The van der Waals surface area contributed by atoms with Crippen LogP contribution < -0.4 is 10.6 Å². The van der Waals surface area contributed by atoms with E-state index in [1.54, 1.807) is 45.9 Å². The Morgan fingerprint density at radius 2 is 1.13 bits per heavy atom. The van der Waals surface area contributed by atoms with E-state index >= 15 is 0 Å². The maximum atomic E-state index is 12.2. The highest BCUT2D eigenvalue weighted by molar-refractivity contribution is 9.11. The number of nitrogens with one attached hydrogen (secondary N) is 2. The van der Waals surface area contributed by atoms with E-state index in [9.17, 15) is 30.2 Å². The molecule has 2 amide bonds. The van der Waals surface area contributed by atoms with Crippen molar-refractivity contribution in [2.24, 2.45) is 10.3 Å². The number of phenols is 2. The van der Waals surface area contributed by atoms with Gasteiger partial charge in [-0.25, -0.2) is 0 Å². The van der Waals surface area contributed by atoms with Gasteiger partial charge in [-0.1, -0.05) is 44.0 Å². The lowest BCUT2D eigenvalue weighted by molar-refractivity contribution is -0.115. The van der Waals surface area contributed by atoms with E-state index in [2.05, 4.69) is 52.8 Å². The molecule has 206 valence electrons. The average molecular weight is 692 g/mol. The van der Waals surface area contributed by atoms with Crippen molar-refractivity contribution in [3.8, 4) is 11.5 Å². The lowest BCUT2D eigenvalue weighted by Crippen LogP contribution is -2.33. The number of aromatic hydroxyl groups is 2. The minimum Gasteiger partial charge on any atom is -0.507 e. The van der Waals surface area contributed by atoms with Gasteiger partial charge in [-0.3, -0.25) is 9.59 Å². The first-order chi connectivity index (χ1) is 18.2. The van der Waals surface area contributed by atoms with E-state index < -0.39 is 11.8 Å². The summed E-state index contributed by atoms with van der Waals surface area (Å²) >= 11 is 6.43. The Balaban J connectivity index is 1.55. The average Bonchev–Trinajstić information content (AvgIpc) is 2.90. The summed E-state index contributed by atoms with van der Waals surface area (Å²) in [6.45, 7) is 0.864. The summed E-state index contributed by atoms with van der Waals surface area (Å²) in [6.07, 6.45) is 1.71. The van der Waals surface area contributed by atoms with Crippen molar-refractivity contribution in [2.45, 2.75) is 25.7 Å². The molecule has 2 aromatic rings. The molecule has 6 N–H and O–H groups in total. The van der Waals surface area contributed by atoms with E-state index in [1.807, 2.05) is 0 Å². The first-order valence-corrected chi connectivity index (χ1v) is 15.5. The number of benzene rings is 2. The van der Waals surface area contributed by atoms with Crippen LogP contribution in [0.5, 0.6) is 11.5 Å². The Morgan fingerprint density at radius 1 is 0.737 bits per heavy atom. The van der Waals surface area contributed by atoms with Crippen LogP contribution in [-0.4, -0.2) is 68.5 Å². The molecule has 10 nitrogen and oxygen atoms in total. The molecule has 0 saturated carbocycles. The predicted octanol–water partition coefficient (Wildman–Crippen LogP) is 4.46. The monoisotopic (exact) mass is 690 g/mol. The number of hydrogen-bond acceptors (Lipinski definition) is 10. The van der Waals surface area contributed by atoms with Crippen molar-refractivity contribution < 1.29 is 30.2 Å². The van der Waals surface area contributed by atoms with Gasteiger partial charge in [0.25, 0.3) is 11.8 Å². The van der Waals surface area contributed by atoms with Crippen molar-refractivity contribution in [2.75, 3.05) is 24.6 Å². The molecule has 38 heavy (non-hydrogen) atoms. The Bertz CT molecular complexity index is 1080. The number of carbonyl (C=O) groups is 2. The molecule has 2 aromatic carbocycles. The Kier molecular flexibility index (Phi) is 14.4. The third-order valence-corrected chi connectivity index (χ3v) is 8.84. The highest BCUT2D eigenvalue weighted by atomic mass is 79.9. The van der Waals surface area contributed by atoms with Gasteiger partial charge >= 0.3 is 0 Å². The van der Waals surface area contributed by atoms with Crippen molar-refractivity contribution in [3.63, 3.8) is 0 Å². The van der Waals surface area contributed by atoms with Crippen molar-refractivity contribution in [1.82, 2.24) is 10.6 Å². The van der Waals surface area contributed by atoms with Gasteiger partial charge in [-0.2, -0.15) is 0 Å². The molecule has 0 aliphatic rings. The minimum absolute atomic E-state index is 0.0167.